The second-order valence-electron chi connectivity index (χ2n) is 3.66. The van der Waals surface area contributed by atoms with Crippen molar-refractivity contribution in [2.24, 2.45) is 0 Å². The van der Waals surface area contributed by atoms with Gasteiger partial charge < -0.3 is 10.0 Å². The maximum atomic E-state index is 9.01. The Morgan fingerprint density at radius 2 is 1.88 bits per heavy atom. The van der Waals surface area contributed by atoms with Gasteiger partial charge in [0.15, 0.2) is 0 Å². The number of benzene rings is 1. The van der Waals surface area contributed by atoms with Crippen molar-refractivity contribution < 1.29 is 5.11 Å². The Morgan fingerprint density at radius 1 is 1.12 bits per heavy atom. The summed E-state index contributed by atoms with van der Waals surface area (Å²) in [7, 11) is 0. The molecule has 0 aliphatic carbocycles. The van der Waals surface area contributed by atoms with E-state index in [9.17, 15) is 0 Å². The maximum Gasteiger partial charge on any atom is 0.0621 e. The lowest BCUT2D eigenvalue weighted by Crippen LogP contribution is -2.27. The van der Waals surface area contributed by atoms with E-state index in [0.717, 1.165) is 25.1 Å². The van der Waals surface area contributed by atoms with E-state index in [4.69, 9.17) is 10.4 Å². The number of nitrogens with zero attached hydrogens (tertiary/aromatic N) is 2. The molecule has 0 amide bonds. The molecule has 0 spiro atoms. The molecule has 3 nitrogen and oxygen atoms in total. The largest absolute Gasteiger partial charge is 0.395 e. The third kappa shape index (κ3) is 4.33. The fourth-order valence-corrected chi connectivity index (χ4v) is 1.64. The summed E-state index contributed by atoms with van der Waals surface area (Å²) in [5, 5.41) is 17.5. The zero-order valence-corrected chi connectivity index (χ0v) is 9.47. The second kappa shape index (κ2) is 7.72. The number of hydrogen-bond donors (Lipinski definition) is 1. The average Bonchev–Trinajstić information content (AvgIpc) is 2.34. The molecule has 0 saturated heterocycles. The van der Waals surface area contributed by atoms with Crippen LogP contribution in [0, 0.1) is 11.3 Å². The van der Waals surface area contributed by atoms with Crippen molar-refractivity contribution in [1.82, 2.24) is 0 Å². The number of rotatable bonds is 7. The lowest BCUT2D eigenvalue weighted by atomic mass is 10.2. The van der Waals surface area contributed by atoms with Crippen LogP contribution in [0.15, 0.2) is 30.3 Å². The van der Waals surface area contributed by atoms with Crippen LogP contribution < -0.4 is 4.90 Å². The van der Waals surface area contributed by atoms with Crippen LogP contribution in [0.25, 0.3) is 0 Å². The van der Waals surface area contributed by atoms with Crippen molar-refractivity contribution in [3.05, 3.63) is 30.3 Å². The molecule has 16 heavy (non-hydrogen) atoms. The number of hydrogen-bond acceptors (Lipinski definition) is 3. The van der Waals surface area contributed by atoms with E-state index in [1.54, 1.807) is 0 Å². The van der Waals surface area contributed by atoms with E-state index in [-0.39, 0.29) is 6.61 Å². The maximum absolute atomic E-state index is 9.01. The van der Waals surface area contributed by atoms with Crippen LogP contribution in [0.4, 0.5) is 5.69 Å². The molecule has 0 fully saturated rings. The molecule has 86 valence electrons. The molecule has 1 N–H and O–H groups in total. The third-order valence-corrected chi connectivity index (χ3v) is 2.46. The van der Waals surface area contributed by atoms with Gasteiger partial charge in [0.1, 0.15) is 0 Å². The predicted molar refractivity (Wildman–Crippen MR) is 65.2 cm³/mol. The minimum Gasteiger partial charge on any atom is -0.395 e. The predicted octanol–water partition coefficient (Wildman–Crippen LogP) is 2.18. The second-order valence-corrected chi connectivity index (χ2v) is 3.66. The Kier molecular flexibility index (Phi) is 6.05. The molecule has 0 aromatic heterocycles. The van der Waals surface area contributed by atoms with Crippen LogP contribution >= 0.6 is 0 Å². The van der Waals surface area contributed by atoms with Crippen LogP contribution in [0.1, 0.15) is 19.3 Å². The van der Waals surface area contributed by atoms with Crippen molar-refractivity contribution in [2.45, 2.75) is 19.3 Å². The van der Waals surface area contributed by atoms with Gasteiger partial charge in [0.25, 0.3) is 0 Å². The number of anilines is 1. The fraction of sp³-hybridized carbons (Fsp3) is 0.462. The van der Waals surface area contributed by atoms with Crippen molar-refractivity contribution in [2.75, 3.05) is 24.6 Å². The summed E-state index contributed by atoms with van der Waals surface area (Å²) in [5.74, 6) is 0. The summed E-state index contributed by atoms with van der Waals surface area (Å²) >= 11 is 0. The Hall–Kier alpha value is -1.53. The molecule has 0 saturated carbocycles. The number of nitriles is 1. The topological polar surface area (TPSA) is 47.3 Å². The van der Waals surface area contributed by atoms with Gasteiger partial charge in [-0.25, -0.2) is 0 Å². The minimum absolute atomic E-state index is 0.160. The van der Waals surface area contributed by atoms with Gasteiger partial charge in [-0.1, -0.05) is 18.2 Å². The van der Waals surface area contributed by atoms with Gasteiger partial charge in [-0.15, -0.1) is 0 Å². The number of para-hydroxylation sites is 1. The van der Waals surface area contributed by atoms with Crippen molar-refractivity contribution in [3.8, 4) is 6.07 Å². The number of aliphatic hydroxyl groups is 1. The molecule has 0 aliphatic heterocycles. The van der Waals surface area contributed by atoms with E-state index in [1.807, 2.05) is 30.3 Å². The van der Waals surface area contributed by atoms with Crippen molar-refractivity contribution in [3.63, 3.8) is 0 Å². The summed E-state index contributed by atoms with van der Waals surface area (Å²) in [6.07, 6.45) is 2.52. The van der Waals surface area contributed by atoms with E-state index in [0.29, 0.717) is 13.0 Å². The van der Waals surface area contributed by atoms with E-state index in [1.165, 1.54) is 0 Å². The SMILES string of the molecule is N#CCCCCN(CCO)c1ccccc1. The molecular formula is C13H18N2O. The quantitative estimate of drug-likeness (QED) is 0.713. The molecule has 1 aromatic carbocycles. The summed E-state index contributed by atoms with van der Waals surface area (Å²) in [5.41, 5.74) is 1.13. The highest BCUT2D eigenvalue weighted by Crippen LogP contribution is 2.13. The normalized spacial score (nSPS) is 9.75. The molecule has 0 heterocycles. The average molecular weight is 218 g/mol. The van der Waals surface area contributed by atoms with Gasteiger partial charge in [0, 0.05) is 25.2 Å². The van der Waals surface area contributed by atoms with Gasteiger partial charge in [-0.05, 0) is 25.0 Å². The molecule has 0 aliphatic rings. The lowest BCUT2D eigenvalue weighted by molar-refractivity contribution is 0.301. The Labute approximate surface area is 96.9 Å². The van der Waals surface area contributed by atoms with Crippen LogP contribution in [0.2, 0.25) is 0 Å². The van der Waals surface area contributed by atoms with Crippen molar-refractivity contribution >= 4 is 5.69 Å². The van der Waals surface area contributed by atoms with E-state index < -0.39 is 0 Å². The first-order chi connectivity index (χ1) is 7.88. The molecule has 0 radical (unpaired) electrons. The Morgan fingerprint density at radius 3 is 2.50 bits per heavy atom. The van der Waals surface area contributed by atoms with Gasteiger partial charge in [0.2, 0.25) is 0 Å². The Balaban J connectivity index is 2.45. The van der Waals surface area contributed by atoms with Crippen LogP contribution in [0.3, 0.4) is 0 Å². The highest BCUT2D eigenvalue weighted by molar-refractivity contribution is 5.45. The summed E-state index contributed by atoms with van der Waals surface area (Å²) < 4.78 is 0. The summed E-state index contributed by atoms with van der Waals surface area (Å²) in [6.45, 7) is 1.70. The highest BCUT2D eigenvalue weighted by Gasteiger charge is 2.04. The molecule has 0 unspecified atom stereocenters. The number of unbranched alkanes of at least 4 members (excludes halogenated alkanes) is 2. The molecule has 0 bridgehead atoms. The standard InChI is InChI=1S/C13H18N2O/c14-9-5-2-6-10-15(11-12-16)13-7-3-1-4-8-13/h1,3-4,7-8,16H,2,5-6,10-12H2. The summed E-state index contributed by atoms with van der Waals surface area (Å²) in [6, 6.07) is 12.2. The first kappa shape index (κ1) is 12.5. The zero-order valence-electron chi connectivity index (χ0n) is 9.47. The minimum atomic E-state index is 0.160. The smallest absolute Gasteiger partial charge is 0.0621 e. The fourth-order valence-electron chi connectivity index (χ4n) is 1.64. The zero-order chi connectivity index (χ0) is 11.6. The lowest BCUT2D eigenvalue weighted by Gasteiger charge is -2.23. The molecule has 1 aromatic rings. The molecule has 3 heteroatoms. The van der Waals surface area contributed by atoms with Crippen LogP contribution in [-0.2, 0) is 0 Å². The molecular weight excluding hydrogens is 200 g/mol. The highest BCUT2D eigenvalue weighted by atomic mass is 16.3. The summed E-state index contributed by atoms with van der Waals surface area (Å²) in [4.78, 5) is 2.15. The van der Waals surface area contributed by atoms with Gasteiger partial charge >= 0.3 is 0 Å². The molecule has 0 atom stereocenters. The first-order valence-electron chi connectivity index (χ1n) is 5.66. The van der Waals surface area contributed by atoms with E-state index in [2.05, 4.69) is 11.0 Å². The monoisotopic (exact) mass is 218 g/mol. The van der Waals surface area contributed by atoms with Gasteiger partial charge in [-0.3, -0.25) is 0 Å². The van der Waals surface area contributed by atoms with Crippen LogP contribution in [-0.4, -0.2) is 24.8 Å². The first-order valence-corrected chi connectivity index (χ1v) is 5.66. The third-order valence-electron chi connectivity index (χ3n) is 2.46. The number of aliphatic hydroxyl groups excluding tert-OH is 1. The molecule has 1 rings (SSSR count). The van der Waals surface area contributed by atoms with Gasteiger partial charge in [-0.2, -0.15) is 5.26 Å². The Bertz CT molecular complexity index is 318. The van der Waals surface area contributed by atoms with Gasteiger partial charge in [0.05, 0.1) is 12.7 Å². The van der Waals surface area contributed by atoms with Crippen molar-refractivity contribution in [1.29, 1.82) is 5.26 Å². The van der Waals surface area contributed by atoms with E-state index >= 15 is 0 Å². The van der Waals surface area contributed by atoms with Crippen LogP contribution in [0.5, 0.6) is 0 Å².